The number of hydrogen-bond acceptors (Lipinski definition) is 4. The monoisotopic (exact) mass is 295 g/mol. The molecule has 21 heavy (non-hydrogen) atoms. The Bertz CT molecular complexity index is 510. The van der Waals surface area contributed by atoms with Crippen molar-refractivity contribution in [1.82, 2.24) is 0 Å². The summed E-state index contributed by atoms with van der Waals surface area (Å²) in [6, 6.07) is 4.02. The zero-order valence-electron chi connectivity index (χ0n) is 12.3. The van der Waals surface area contributed by atoms with Gasteiger partial charge in [-0.15, -0.1) is 0 Å². The van der Waals surface area contributed by atoms with Crippen LogP contribution < -0.4 is 10.6 Å². The number of nitro groups is 1. The Morgan fingerprint density at radius 2 is 2.10 bits per heavy atom. The van der Waals surface area contributed by atoms with E-state index in [1.807, 2.05) is 6.92 Å². The summed E-state index contributed by atoms with van der Waals surface area (Å²) in [5.74, 6) is -0.209. The molecule has 1 aromatic carbocycles. The van der Waals surface area contributed by atoms with Crippen molar-refractivity contribution in [2.45, 2.75) is 38.6 Å². The third-order valence-electron chi connectivity index (χ3n) is 4.32. The van der Waals surface area contributed by atoms with Crippen LogP contribution in [0.4, 0.5) is 15.8 Å². The van der Waals surface area contributed by atoms with Gasteiger partial charge in [-0.2, -0.15) is 0 Å². The van der Waals surface area contributed by atoms with Crippen molar-refractivity contribution in [2.24, 2.45) is 11.7 Å². The minimum Gasteiger partial charge on any atom is -0.368 e. The maximum Gasteiger partial charge on any atom is 0.274 e. The van der Waals surface area contributed by atoms with Gasteiger partial charge in [0.25, 0.3) is 5.69 Å². The highest BCUT2D eigenvalue weighted by atomic mass is 19.1. The van der Waals surface area contributed by atoms with Gasteiger partial charge in [0, 0.05) is 24.3 Å². The zero-order chi connectivity index (χ0) is 15.4. The number of halogens is 1. The van der Waals surface area contributed by atoms with E-state index in [0.717, 1.165) is 25.3 Å². The van der Waals surface area contributed by atoms with E-state index in [1.165, 1.54) is 18.6 Å². The first-order valence-corrected chi connectivity index (χ1v) is 7.48. The van der Waals surface area contributed by atoms with Gasteiger partial charge in [0.15, 0.2) is 0 Å². The molecule has 0 saturated heterocycles. The number of nitro benzene ring substituents is 1. The van der Waals surface area contributed by atoms with Crippen molar-refractivity contribution < 1.29 is 9.31 Å². The molecule has 0 heterocycles. The van der Waals surface area contributed by atoms with Crippen LogP contribution in [0.25, 0.3) is 0 Å². The standard InChI is InChI=1S/C15H22FN3O2/c1-2-18(15-6-4-3-5-11(15)10-17)13-7-12(16)8-14(9-13)19(20)21/h7-9,11,15H,2-6,10,17H2,1H3. The molecule has 2 unspecified atom stereocenters. The van der Waals surface area contributed by atoms with Crippen molar-refractivity contribution in [3.05, 3.63) is 34.1 Å². The molecule has 0 amide bonds. The quantitative estimate of drug-likeness (QED) is 0.669. The Morgan fingerprint density at radius 1 is 1.38 bits per heavy atom. The summed E-state index contributed by atoms with van der Waals surface area (Å²) < 4.78 is 13.7. The van der Waals surface area contributed by atoms with Gasteiger partial charge in [-0.25, -0.2) is 4.39 Å². The predicted octanol–water partition coefficient (Wildman–Crippen LogP) is 3.08. The first kappa shape index (κ1) is 15.7. The van der Waals surface area contributed by atoms with Gasteiger partial charge in [0.2, 0.25) is 0 Å². The first-order valence-electron chi connectivity index (χ1n) is 7.48. The fourth-order valence-corrected chi connectivity index (χ4v) is 3.31. The molecule has 0 aromatic heterocycles. The van der Waals surface area contributed by atoms with Crippen LogP contribution in [-0.2, 0) is 0 Å². The number of non-ortho nitro benzene ring substituents is 1. The van der Waals surface area contributed by atoms with E-state index in [4.69, 9.17) is 5.73 Å². The summed E-state index contributed by atoms with van der Waals surface area (Å²) in [7, 11) is 0. The van der Waals surface area contributed by atoms with E-state index in [9.17, 15) is 14.5 Å². The molecule has 1 saturated carbocycles. The zero-order valence-corrected chi connectivity index (χ0v) is 12.3. The number of hydrogen-bond donors (Lipinski definition) is 1. The van der Waals surface area contributed by atoms with Crippen molar-refractivity contribution in [2.75, 3.05) is 18.0 Å². The van der Waals surface area contributed by atoms with Crippen molar-refractivity contribution >= 4 is 11.4 Å². The lowest BCUT2D eigenvalue weighted by atomic mass is 9.83. The molecular formula is C15H22FN3O2. The molecule has 0 aliphatic heterocycles. The Labute approximate surface area is 124 Å². The first-order chi connectivity index (χ1) is 10.1. The van der Waals surface area contributed by atoms with E-state index >= 15 is 0 Å². The van der Waals surface area contributed by atoms with Crippen molar-refractivity contribution in [3.63, 3.8) is 0 Å². The second kappa shape index (κ2) is 6.85. The summed E-state index contributed by atoms with van der Waals surface area (Å²) >= 11 is 0. The molecule has 1 aliphatic carbocycles. The summed E-state index contributed by atoms with van der Waals surface area (Å²) in [5, 5.41) is 10.9. The topological polar surface area (TPSA) is 72.4 Å². The molecule has 5 nitrogen and oxygen atoms in total. The van der Waals surface area contributed by atoms with E-state index in [2.05, 4.69) is 4.90 Å². The Kier molecular flexibility index (Phi) is 5.12. The molecule has 0 radical (unpaired) electrons. The van der Waals surface area contributed by atoms with Crippen LogP contribution in [0.3, 0.4) is 0 Å². The minimum atomic E-state index is -0.572. The average Bonchev–Trinajstić information content (AvgIpc) is 2.48. The molecule has 1 aliphatic rings. The third-order valence-corrected chi connectivity index (χ3v) is 4.32. The van der Waals surface area contributed by atoms with E-state index in [-0.39, 0.29) is 11.7 Å². The largest absolute Gasteiger partial charge is 0.368 e. The van der Waals surface area contributed by atoms with Crippen LogP contribution in [0.2, 0.25) is 0 Å². The molecule has 1 fully saturated rings. The fourth-order valence-electron chi connectivity index (χ4n) is 3.31. The SMILES string of the molecule is CCN(c1cc(F)cc([N+](=O)[O-])c1)C1CCCCC1CN. The van der Waals surface area contributed by atoms with Gasteiger partial charge in [-0.1, -0.05) is 12.8 Å². The molecule has 2 rings (SSSR count). The van der Waals surface area contributed by atoms with Crippen LogP contribution in [0.15, 0.2) is 18.2 Å². The second-order valence-electron chi connectivity index (χ2n) is 5.56. The van der Waals surface area contributed by atoms with Gasteiger partial charge in [0.1, 0.15) is 5.82 Å². The molecule has 2 atom stereocenters. The molecule has 6 heteroatoms. The van der Waals surface area contributed by atoms with Crippen LogP contribution in [0, 0.1) is 21.8 Å². The highest BCUT2D eigenvalue weighted by molar-refractivity contribution is 5.54. The van der Waals surface area contributed by atoms with Gasteiger partial charge in [0.05, 0.1) is 11.0 Å². The van der Waals surface area contributed by atoms with Crippen LogP contribution in [0.5, 0.6) is 0 Å². The molecule has 0 bridgehead atoms. The number of nitrogens with two attached hydrogens (primary N) is 1. The molecule has 0 spiro atoms. The minimum absolute atomic E-state index is 0.205. The third kappa shape index (κ3) is 3.50. The van der Waals surface area contributed by atoms with E-state index in [0.29, 0.717) is 24.7 Å². The number of rotatable bonds is 5. The average molecular weight is 295 g/mol. The van der Waals surface area contributed by atoms with Gasteiger partial charge in [-0.05, 0) is 38.3 Å². The summed E-state index contributed by atoms with van der Waals surface area (Å²) in [4.78, 5) is 12.4. The lowest BCUT2D eigenvalue weighted by Crippen LogP contribution is -2.45. The van der Waals surface area contributed by atoms with Crippen LogP contribution in [0.1, 0.15) is 32.6 Å². The summed E-state index contributed by atoms with van der Waals surface area (Å²) in [5.41, 5.74) is 6.24. The highest BCUT2D eigenvalue weighted by Gasteiger charge is 2.29. The van der Waals surface area contributed by atoms with Gasteiger partial charge in [-0.3, -0.25) is 10.1 Å². The van der Waals surface area contributed by atoms with Crippen LogP contribution >= 0.6 is 0 Å². The predicted molar refractivity (Wildman–Crippen MR) is 80.9 cm³/mol. The molecule has 2 N–H and O–H groups in total. The lowest BCUT2D eigenvalue weighted by molar-refractivity contribution is -0.385. The van der Waals surface area contributed by atoms with Gasteiger partial charge < -0.3 is 10.6 Å². The Hall–Kier alpha value is -1.69. The number of anilines is 1. The summed E-state index contributed by atoms with van der Waals surface area (Å²) in [6.07, 6.45) is 4.35. The van der Waals surface area contributed by atoms with Crippen LogP contribution in [-0.4, -0.2) is 24.1 Å². The highest BCUT2D eigenvalue weighted by Crippen LogP contribution is 2.33. The fraction of sp³-hybridized carbons (Fsp3) is 0.600. The number of nitrogens with zero attached hydrogens (tertiary/aromatic N) is 2. The molecule has 116 valence electrons. The van der Waals surface area contributed by atoms with E-state index in [1.54, 1.807) is 0 Å². The maximum atomic E-state index is 13.7. The molecule has 1 aromatic rings. The maximum absolute atomic E-state index is 13.7. The van der Waals surface area contributed by atoms with E-state index < -0.39 is 10.7 Å². The Morgan fingerprint density at radius 3 is 2.71 bits per heavy atom. The van der Waals surface area contributed by atoms with Gasteiger partial charge >= 0.3 is 0 Å². The lowest BCUT2D eigenvalue weighted by Gasteiger charge is -2.40. The second-order valence-corrected chi connectivity index (χ2v) is 5.56. The smallest absolute Gasteiger partial charge is 0.274 e. The summed E-state index contributed by atoms with van der Waals surface area (Å²) in [6.45, 7) is 3.26. The normalized spacial score (nSPS) is 22.0. The molecular weight excluding hydrogens is 273 g/mol. The van der Waals surface area contributed by atoms with Crippen molar-refractivity contribution in [3.8, 4) is 0 Å². The van der Waals surface area contributed by atoms with Crippen molar-refractivity contribution in [1.29, 1.82) is 0 Å². The Balaban J connectivity index is 2.33. The number of benzene rings is 1.